The Morgan fingerprint density at radius 1 is 1.20 bits per heavy atom. The summed E-state index contributed by atoms with van der Waals surface area (Å²) in [6, 6.07) is 8.18. The molecule has 2 aliphatic heterocycles. The van der Waals surface area contributed by atoms with E-state index in [9.17, 15) is 4.79 Å². The number of carbonyl (C=O) groups excluding carboxylic acids is 1. The highest BCUT2D eigenvalue weighted by Crippen LogP contribution is 2.23. The molecule has 134 valence electrons. The molecule has 1 aromatic carbocycles. The normalized spacial score (nSPS) is 21.8. The number of nitrogens with zero attached hydrogens (tertiary/aromatic N) is 2. The van der Waals surface area contributed by atoms with Crippen LogP contribution in [0.1, 0.15) is 31.4 Å². The number of fused-ring (bicyclic) bond motifs is 1. The van der Waals surface area contributed by atoms with Gasteiger partial charge in [0.15, 0.2) is 0 Å². The molecule has 3 heterocycles. The molecule has 2 amide bonds. The Kier molecular flexibility index (Phi) is 4.66. The van der Waals surface area contributed by atoms with Crippen LogP contribution in [-0.4, -0.2) is 53.5 Å². The number of amides is 2. The summed E-state index contributed by atoms with van der Waals surface area (Å²) in [4.78, 5) is 20.5. The lowest BCUT2D eigenvalue weighted by Gasteiger charge is -2.29. The van der Waals surface area contributed by atoms with Crippen molar-refractivity contribution in [3.05, 3.63) is 30.0 Å². The minimum atomic E-state index is 0.0350. The first-order chi connectivity index (χ1) is 12.2. The molecule has 0 bridgehead atoms. The zero-order chi connectivity index (χ0) is 17.2. The lowest BCUT2D eigenvalue weighted by molar-refractivity contribution is 0.192. The third-order valence-electron chi connectivity index (χ3n) is 5.54. The molecule has 0 aliphatic carbocycles. The highest BCUT2D eigenvalue weighted by atomic mass is 16.2. The van der Waals surface area contributed by atoms with E-state index in [4.69, 9.17) is 0 Å². The summed E-state index contributed by atoms with van der Waals surface area (Å²) in [6.07, 6.45) is 5.16. The molecule has 0 saturated carbocycles. The Balaban J connectivity index is 1.33. The molecule has 25 heavy (non-hydrogen) atoms. The van der Waals surface area contributed by atoms with E-state index in [1.807, 2.05) is 30.0 Å². The Morgan fingerprint density at radius 3 is 2.88 bits per heavy atom. The molecule has 5 nitrogen and oxygen atoms in total. The fourth-order valence-electron chi connectivity index (χ4n) is 4.23. The van der Waals surface area contributed by atoms with Crippen LogP contribution < -0.4 is 5.32 Å². The standard InChI is InChI=1S/C20H28N4O/c1-15-11-17-12-18(5-6-19(17)21-15)22-20(25)24-10-7-16(14-24)13-23-8-3-2-4-9-23/h5-6,11-12,16,21H,2-4,7-10,13-14H2,1H3,(H,22,25). The van der Waals surface area contributed by atoms with Crippen LogP contribution in [0.4, 0.5) is 10.5 Å². The number of aromatic amines is 1. The molecule has 2 aromatic rings. The summed E-state index contributed by atoms with van der Waals surface area (Å²) in [7, 11) is 0. The van der Waals surface area contributed by atoms with E-state index in [1.54, 1.807) is 0 Å². The summed E-state index contributed by atoms with van der Waals surface area (Å²) in [5.74, 6) is 0.624. The van der Waals surface area contributed by atoms with Crippen molar-refractivity contribution in [3.8, 4) is 0 Å². The first kappa shape index (κ1) is 16.5. The fraction of sp³-hybridized carbons (Fsp3) is 0.550. The number of piperidine rings is 1. The van der Waals surface area contributed by atoms with Crippen LogP contribution in [0.25, 0.3) is 10.9 Å². The largest absolute Gasteiger partial charge is 0.359 e. The Hall–Kier alpha value is -2.01. The van der Waals surface area contributed by atoms with Gasteiger partial charge in [0, 0.05) is 41.9 Å². The smallest absolute Gasteiger partial charge is 0.321 e. The van der Waals surface area contributed by atoms with Crippen LogP contribution in [0.2, 0.25) is 0 Å². The number of anilines is 1. The van der Waals surface area contributed by atoms with E-state index in [0.717, 1.165) is 48.3 Å². The molecule has 1 aromatic heterocycles. The summed E-state index contributed by atoms with van der Waals surface area (Å²) in [5.41, 5.74) is 3.12. The van der Waals surface area contributed by atoms with Crippen molar-refractivity contribution >= 4 is 22.6 Å². The molecule has 4 rings (SSSR count). The second kappa shape index (κ2) is 7.08. The van der Waals surface area contributed by atoms with Crippen LogP contribution in [0, 0.1) is 12.8 Å². The van der Waals surface area contributed by atoms with Crippen molar-refractivity contribution in [1.29, 1.82) is 0 Å². The topological polar surface area (TPSA) is 51.4 Å². The SMILES string of the molecule is Cc1cc2cc(NC(=O)N3CCC(CN4CCCCC4)C3)ccc2[nH]1. The number of rotatable bonds is 3. The van der Waals surface area contributed by atoms with Crippen LogP contribution in [-0.2, 0) is 0 Å². The van der Waals surface area contributed by atoms with E-state index < -0.39 is 0 Å². The summed E-state index contributed by atoms with van der Waals surface area (Å²) in [5, 5.41) is 4.21. The molecule has 0 spiro atoms. The second-order valence-corrected chi connectivity index (χ2v) is 7.65. The van der Waals surface area contributed by atoms with Gasteiger partial charge in [0.05, 0.1) is 0 Å². The van der Waals surface area contributed by atoms with Crippen molar-refractivity contribution in [2.75, 3.05) is 38.0 Å². The lowest BCUT2D eigenvalue weighted by Crippen LogP contribution is -2.37. The van der Waals surface area contributed by atoms with Crippen molar-refractivity contribution in [1.82, 2.24) is 14.8 Å². The molecule has 2 saturated heterocycles. The van der Waals surface area contributed by atoms with Crippen molar-refractivity contribution in [2.24, 2.45) is 5.92 Å². The third kappa shape index (κ3) is 3.82. The number of aromatic nitrogens is 1. The lowest BCUT2D eigenvalue weighted by atomic mass is 10.1. The van der Waals surface area contributed by atoms with Crippen LogP contribution in [0.3, 0.4) is 0 Å². The maximum Gasteiger partial charge on any atom is 0.321 e. The average Bonchev–Trinajstić information content (AvgIpc) is 3.21. The molecule has 2 fully saturated rings. The van der Waals surface area contributed by atoms with Crippen LogP contribution in [0.5, 0.6) is 0 Å². The highest BCUT2D eigenvalue weighted by molar-refractivity contribution is 5.93. The Morgan fingerprint density at radius 2 is 2.04 bits per heavy atom. The Bertz CT molecular complexity index is 747. The average molecular weight is 340 g/mol. The molecular weight excluding hydrogens is 312 g/mol. The molecule has 2 N–H and O–H groups in total. The predicted octanol–water partition coefficient (Wildman–Crippen LogP) is 3.82. The van der Waals surface area contributed by atoms with E-state index in [0.29, 0.717) is 5.92 Å². The third-order valence-corrected chi connectivity index (χ3v) is 5.54. The minimum Gasteiger partial charge on any atom is -0.359 e. The number of nitrogens with one attached hydrogen (secondary N) is 2. The van der Waals surface area contributed by atoms with Crippen molar-refractivity contribution in [3.63, 3.8) is 0 Å². The van der Waals surface area contributed by atoms with Gasteiger partial charge in [-0.1, -0.05) is 6.42 Å². The first-order valence-corrected chi connectivity index (χ1v) is 9.55. The van der Waals surface area contributed by atoms with Crippen LogP contribution in [0.15, 0.2) is 24.3 Å². The van der Waals surface area contributed by atoms with Gasteiger partial charge in [0.25, 0.3) is 0 Å². The number of carbonyl (C=O) groups is 1. The summed E-state index contributed by atoms with van der Waals surface area (Å²) < 4.78 is 0. The van der Waals surface area contributed by atoms with Gasteiger partial charge < -0.3 is 20.1 Å². The molecule has 2 aliphatic rings. The first-order valence-electron chi connectivity index (χ1n) is 9.55. The zero-order valence-corrected chi connectivity index (χ0v) is 15.1. The number of benzene rings is 1. The van der Waals surface area contributed by atoms with Gasteiger partial charge in [-0.25, -0.2) is 4.79 Å². The molecule has 5 heteroatoms. The molecule has 1 unspecified atom stereocenters. The monoisotopic (exact) mass is 340 g/mol. The summed E-state index contributed by atoms with van der Waals surface area (Å²) in [6.45, 7) is 7.42. The highest BCUT2D eigenvalue weighted by Gasteiger charge is 2.28. The molecule has 1 atom stereocenters. The molecule has 0 radical (unpaired) electrons. The van der Waals surface area contributed by atoms with E-state index in [1.165, 1.54) is 32.4 Å². The zero-order valence-electron chi connectivity index (χ0n) is 15.1. The Labute approximate surface area is 149 Å². The maximum atomic E-state index is 12.6. The summed E-state index contributed by atoms with van der Waals surface area (Å²) >= 11 is 0. The number of hydrogen-bond donors (Lipinski definition) is 2. The van der Waals surface area contributed by atoms with Gasteiger partial charge in [-0.15, -0.1) is 0 Å². The predicted molar refractivity (Wildman–Crippen MR) is 102 cm³/mol. The van der Waals surface area contributed by atoms with Gasteiger partial charge in [-0.2, -0.15) is 0 Å². The number of urea groups is 1. The van der Waals surface area contributed by atoms with E-state index in [-0.39, 0.29) is 6.03 Å². The maximum absolute atomic E-state index is 12.6. The van der Waals surface area contributed by atoms with Gasteiger partial charge in [0.1, 0.15) is 0 Å². The van der Waals surface area contributed by atoms with E-state index in [2.05, 4.69) is 21.3 Å². The van der Waals surface area contributed by atoms with Gasteiger partial charge in [-0.3, -0.25) is 0 Å². The quantitative estimate of drug-likeness (QED) is 0.892. The van der Waals surface area contributed by atoms with Crippen molar-refractivity contribution < 1.29 is 4.79 Å². The number of likely N-dealkylation sites (tertiary alicyclic amines) is 2. The van der Waals surface area contributed by atoms with Crippen LogP contribution >= 0.6 is 0 Å². The fourth-order valence-corrected chi connectivity index (χ4v) is 4.23. The van der Waals surface area contributed by atoms with Gasteiger partial charge in [-0.05, 0) is 69.5 Å². The van der Waals surface area contributed by atoms with Gasteiger partial charge >= 0.3 is 6.03 Å². The number of H-pyrrole nitrogens is 1. The van der Waals surface area contributed by atoms with Crippen molar-refractivity contribution in [2.45, 2.75) is 32.6 Å². The molecular formula is C20H28N4O. The minimum absolute atomic E-state index is 0.0350. The van der Waals surface area contributed by atoms with E-state index >= 15 is 0 Å². The van der Waals surface area contributed by atoms with Gasteiger partial charge in [0.2, 0.25) is 0 Å². The second-order valence-electron chi connectivity index (χ2n) is 7.65. The number of hydrogen-bond acceptors (Lipinski definition) is 2. The number of aryl methyl sites for hydroxylation is 1.